The Morgan fingerprint density at radius 2 is 2.30 bits per heavy atom. The number of halogens is 1. The molecule has 1 aromatic rings. The molecule has 1 spiro atoms. The maximum absolute atomic E-state index is 6.13. The predicted molar refractivity (Wildman–Crippen MR) is 79.8 cm³/mol. The second-order valence-corrected chi connectivity index (χ2v) is 6.38. The van der Waals surface area contributed by atoms with Crippen LogP contribution >= 0.6 is 15.9 Å². The van der Waals surface area contributed by atoms with Crippen molar-refractivity contribution in [3.8, 4) is 5.75 Å². The normalized spacial score (nSPS) is 29.8. The molecule has 0 aromatic heterocycles. The van der Waals surface area contributed by atoms with Gasteiger partial charge < -0.3 is 19.9 Å². The van der Waals surface area contributed by atoms with Crippen LogP contribution in [0, 0.1) is 0 Å². The monoisotopic (exact) mass is 341 g/mol. The van der Waals surface area contributed by atoms with E-state index in [1.54, 1.807) is 0 Å². The number of hydrogen-bond acceptors (Lipinski definition) is 4. The lowest BCUT2D eigenvalue weighted by atomic mass is 9.91. The topological polar surface area (TPSA) is 53.7 Å². The summed E-state index contributed by atoms with van der Waals surface area (Å²) >= 11 is 3.49. The van der Waals surface area contributed by atoms with E-state index in [0.29, 0.717) is 13.2 Å². The van der Waals surface area contributed by atoms with Crippen molar-refractivity contribution in [1.82, 2.24) is 0 Å². The molecule has 0 bridgehead atoms. The van der Waals surface area contributed by atoms with Gasteiger partial charge in [0.1, 0.15) is 11.9 Å². The Kier molecular flexibility index (Phi) is 4.31. The van der Waals surface area contributed by atoms with Gasteiger partial charge in [0.2, 0.25) is 0 Å². The lowest BCUT2D eigenvalue weighted by Crippen LogP contribution is -2.44. The van der Waals surface area contributed by atoms with E-state index in [9.17, 15) is 0 Å². The molecule has 2 aliphatic heterocycles. The van der Waals surface area contributed by atoms with Crippen LogP contribution in [-0.2, 0) is 16.0 Å². The summed E-state index contributed by atoms with van der Waals surface area (Å²) in [5.41, 5.74) is 6.67. The summed E-state index contributed by atoms with van der Waals surface area (Å²) in [6.07, 6.45) is 3.00. The molecule has 4 nitrogen and oxygen atoms in total. The smallest absolute Gasteiger partial charge is 0.120 e. The molecule has 2 heterocycles. The summed E-state index contributed by atoms with van der Waals surface area (Å²) in [6, 6.07) is 5.99. The first-order chi connectivity index (χ1) is 9.71. The Morgan fingerprint density at radius 1 is 1.40 bits per heavy atom. The molecular weight excluding hydrogens is 322 g/mol. The van der Waals surface area contributed by atoms with Crippen LogP contribution in [0.5, 0.6) is 5.75 Å². The van der Waals surface area contributed by atoms with Crippen LogP contribution in [0.25, 0.3) is 0 Å². The van der Waals surface area contributed by atoms with Crippen molar-refractivity contribution in [2.45, 2.75) is 37.5 Å². The van der Waals surface area contributed by atoms with Crippen molar-refractivity contribution in [2.24, 2.45) is 5.73 Å². The van der Waals surface area contributed by atoms with E-state index in [1.165, 1.54) is 0 Å². The van der Waals surface area contributed by atoms with Gasteiger partial charge in [-0.3, -0.25) is 0 Å². The molecular formula is C15H20BrNO3. The molecule has 20 heavy (non-hydrogen) atoms. The van der Waals surface area contributed by atoms with E-state index in [1.807, 2.05) is 18.2 Å². The average Bonchev–Trinajstić information content (AvgIpc) is 2.89. The number of nitrogens with two attached hydrogens (primary N) is 1. The minimum atomic E-state index is -0.116. The molecule has 110 valence electrons. The minimum absolute atomic E-state index is 0.116. The highest BCUT2D eigenvalue weighted by Gasteiger charge is 2.41. The van der Waals surface area contributed by atoms with Crippen LogP contribution in [0.4, 0.5) is 0 Å². The summed E-state index contributed by atoms with van der Waals surface area (Å²) in [5.74, 6) is 0.884. The van der Waals surface area contributed by atoms with Crippen molar-refractivity contribution in [2.75, 3.05) is 19.8 Å². The van der Waals surface area contributed by atoms with E-state index in [-0.39, 0.29) is 11.7 Å². The predicted octanol–water partition coefficient (Wildman–Crippen LogP) is 2.62. The molecule has 0 amide bonds. The second kappa shape index (κ2) is 6.02. The van der Waals surface area contributed by atoms with Gasteiger partial charge in [-0.15, -0.1) is 0 Å². The van der Waals surface area contributed by atoms with Gasteiger partial charge in [-0.1, -0.05) is 15.9 Å². The molecule has 2 aliphatic rings. The van der Waals surface area contributed by atoms with Gasteiger partial charge in [-0.05, 0) is 23.8 Å². The van der Waals surface area contributed by atoms with Gasteiger partial charge in [-0.25, -0.2) is 0 Å². The number of ether oxygens (including phenoxy) is 3. The fourth-order valence-corrected chi connectivity index (χ4v) is 3.33. The fraction of sp³-hybridized carbons (Fsp3) is 0.600. The quantitative estimate of drug-likeness (QED) is 0.918. The average molecular weight is 342 g/mol. The molecule has 2 fully saturated rings. The maximum Gasteiger partial charge on any atom is 0.120 e. The van der Waals surface area contributed by atoms with Crippen LogP contribution < -0.4 is 10.5 Å². The molecule has 3 rings (SSSR count). The van der Waals surface area contributed by atoms with Gasteiger partial charge in [0.05, 0.1) is 18.8 Å². The van der Waals surface area contributed by atoms with Gasteiger partial charge in [0.25, 0.3) is 0 Å². The van der Waals surface area contributed by atoms with E-state index in [4.69, 9.17) is 19.9 Å². The Balaban J connectivity index is 1.68. The van der Waals surface area contributed by atoms with E-state index < -0.39 is 0 Å². The number of hydrogen-bond donors (Lipinski definition) is 1. The third kappa shape index (κ3) is 3.01. The lowest BCUT2D eigenvalue weighted by molar-refractivity contribution is -0.112. The van der Waals surface area contributed by atoms with Crippen LogP contribution in [0.1, 0.15) is 24.8 Å². The Labute approximate surface area is 127 Å². The molecule has 2 unspecified atom stereocenters. The summed E-state index contributed by atoms with van der Waals surface area (Å²) in [7, 11) is 0. The molecule has 0 aliphatic carbocycles. The van der Waals surface area contributed by atoms with E-state index in [0.717, 1.165) is 48.3 Å². The van der Waals surface area contributed by atoms with Crippen molar-refractivity contribution in [3.63, 3.8) is 0 Å². The molecule has 2 saturated heterocycles. The van der Waals surface area contributed by atoms with Crippen molar-refractivity contribution in [1.29, 1.82) is 0 Å². The van der Waals surface area contributed by atoms with Crippen LogP contribution in [0.15, 0.2) is 22.7 Å². The van der Waals surface area contributed by atoms with Gasteiger partial charge in [-0.2, -0.15) is 0 Å². The van der Waals surface area contributed by atoms with Crippen LogP contribution in [0.3, 0.4) is 0 Å². The Hall–Kier alpha value is -0.620. The van der Waals surface area contributed by atoms with E-state index >= 15 is 0 Å². The standard InChI is InChI=1S/C15H20BrNO3/c16-14-2-1-12(7-11(14)9-17)20-13-3-5-19-15(8-13)4-6-18-10-15/h1-2,7,13H,3-6,8-10,17H2. The van der Waals surface area contributed by atoms with Crippen molar-refractivity contribution in [3.05, 3.63) is 28.2 Å². The first kappa shape index (κ1) is 14.3. The van der Waals surface area contributed by atoms with Gasteiger partial charge in [0, 0.05) is 36.9 Å². The molecule has 0 saturated carbocycles. The SMILES string of the molecule is NCc1cc(OC2CCOC3(CCOC3)C2)ccc1Br. The first-order valence-electron chi connectivity index (χ1n) is 7.08. The molecule has 2 N–H and O–H groups in total. The van der Waals surface area contributed by atoms with Crippen LogP contribution in [-0.4, -0.2) is 31.5 Å². The Morgan fingerprint density at radius 3 is 3.05 bits per heavy atom. The van der Waals surface area contributed by atoms with E-state index in [2.05, 4.69) is 15.9 Å². The number of rotatable bonds is 3. The summed E-state index contributed by atoms with van der Waals surface area (Å²) < 4.78 is 18.6. The van der Waals surface area contributed by atoms with Crippen LogP contribution in [0.2, 0.25) is 0 Å². The summed E-state index contributed by atoms with van der Waals surface area (Å²) in [6.45, 7) is 2.74. The highest BCUT2D eigenvalue weighted by atomic mass is 79.9. The Bertz CT molecular complexity index is 474. The molecule has 2 atom stereocenters. The zero-order chi connectivity index (χ0) is 14.0. The first-order valence-corrected chi connectivity index (χ1v) is 7.87. The summed E-state index contributed by atoms with van der Waals surface area (Å²) in [5, 5.41) is 0. The highest BCUT2D eigenvalue weighted by molar-refractivity contribution is 9.10. The number of benzene rings is 1. The highest BCUT2D eigenvalue weighted by Crippen LogP contribution is 2.35. The third-order valence-electron chi connectivity index (χ3n) is 4.05. The lowest BCUT2D eigenvalue weighted by Gasteiger charge is -2.37. The van der Waals surface area contributed by atoms with Gasteiger partial charge in [0.15, 0.2) is 0 Å². The molecule has 1 aromatic carbocycles. The minimum Gasteiger partial charge on any atom is -0.490 e. The molecule has 0 radical (unpaired) electrons. The van der Waals surface area contributed by atoms with Crippen molar-refractivity contribution >= 4 is 15.9 Å². The largest absolute Gasteiger partial charge is 0.490 e. The summed E-state index contributed by atoms with van der Waals surface area (Å²) in [4.78, 5) is 0. The fourth-order valence-electron chi connectivity index (χ4n) is 2.92. The second-order valence-electron chi connectivity index (χ2n) is 5.52. The molecule has 5 heteroatoms. The third-order valence-corrected chi connectivity index (χ3v) is 4.83. The maximum atomic E-state index is 6.13. The van der Waals surface area contributed by atoms with Crippen molar-refractivity contribution < 1.29 is 14.2 Å². The zero-order valence-corrected chi connectivity index (χ0v) is 13.0. The van der Waals surface area contributed by atoms with Gasteiger partial charge >= 0.3 is 0 Å². The zero-order valence-electron chi connectivity index (χ0n) is 11.4.